The molecular weight excluding hydrogens is 829 g/mol. The van der Waals surface area contributed by atoms with Gasteiger partial charge in [0.2, 0.25) is 0 Å². The van der Waals surface area contributed by atoms with Crippen LogP contribution in [0.15, 0.2) is 72.9 Å². The van der Waals surface area contributed by atoms with Gasteiger partial charge in [-0.15, -0.1) is 0 Å². The van der Waals surface area contributed by atoms with Gasteiger partial charge in [-0.05, 0) is 116 Å². The van der Waals surface area contributed by atoms with Gasteiger partial charge in [-0.2, -0.15) is 0 Å². The zero-order valence-electron chi connectivity index (χ0n) is 44.2. The number of carbonyl (C=O) groups is 3. The molecular formula is C61H106O6. The number of carbonyl (C=O) groups excluding carboxylic acids is 3. The summed E-state index contributed by atoms with van der Waals surface area (Å²) in [6.07, 6.45) is 70.2. The molecule has 0 aliphatic carbocycles. The average molecular weight is 936 g/mol. The molecule has 0 saturated heterocycles. The van der Waals surface area contributed by atoms with Gasteiger partial charge in [-0.25, -0.2) is 0 Å². The fourth-order valence-electron chi connectivity index (χ4n) is 7.83. The first-order valence-electron chi connectivity index (χ1n) is 28.4. The van der Waals surface area contributed by atoms with E-state index in [1.54, 1.807) is 0 Å². The Morgan fingerprint density at radius 1 is 0.299 bits per heavy atom. The minimum absolute atomic E-state index is 0.0914. The minimum atomic E-state index is -0.793. The Kier molecular flexibility index (Phi) is 52.8. The molecule has 0 aromatic heterocycles. The van der Waals surface area contributed by atoms with Gasteiger partial charge in [0.05, 0.1) is 0 Å². The van der Waals surface area contributed by atoms with Crippen molar-refractivity contribution in [2.75, 3.05) is 13.2 Å². The molecule has 67 heavy (non-hydrogen) atoms. The summed E-state index contributed by atoms with van der Waals surface area (Å²) < 4.78 is 16.8. The Morgan fingerprint density at radius 3 is 0.881 bits per heavy atom. The monoisotopic (exact) mass is 935 g/mol. The van der Waals surface area contributed by atoms with Crippen molar-refractivity contribution in [3.05, 3.63) is 72.9 Å². The summed E-state index contributed by atoms with van der Waals surface area (Å²) in [5, 5.41) is 0. The van der Waals surface area contributed by atoms with Crippen molar-refractivity contribution < 1.29 is 28.6 Å². The van der Waals surface area contributed by atoms with Crippen LogP contribution in [0.4, 0.5) is 0 Å². The number of rotatable bonds is 51. The van der Waals surface area contributed by atoms with E-state index in [0.29, 0.717) is 19.3 Å². The Morgan fingerprint density at radius 2 is 0.537 bits per heavy atom. The van der Waals surface area contributed by atoms with Crippen LogP contribution in [0.1, 0.15) is 278 Å². The van der Waals surface area contributed by atoms with Crippen LogP contribution in [0.2, 0.25) is 0 Å². The molecule has 0 aromatic carbocycles. The van der Waals surface area contributed by atoms with E-state index in [1.807, 2.05) is 0 Å². The van der Waals surface area contributed by atoms with Gasteiger partial charge in [0, 0.05) is 19.3 Å². The first-order valence-corrected chi connectivity index (χ1v) is 28.4. The molecule has 0 radical (unpaired) electrons. The van der Waals surface area contributed by atoms with Crippen molar-refractivity contribution in [2.45, 2.75) is 284 Å². The standard InChI is InChI=1S/C61H106O6/c1-4-7-10-13-16-19-22-25-28-30-33-36-39-42-45-48-51-54-60(63)66-57-58(56-65-59(62)53-50-47-44-41-38-35-32-27-24-21-18-15-12-9-6-3)67-61(64)55-52-49-46-43-40-37-34-31-29-26-23-20-17-14-11-8-5-2/h16,18-19,21,25-29,32-33,36,58H,4-15,17,20,22-24,30-31,34-35,37-57H2,1-3H3/b19-16+,21-18+,28-25+,29-26+,32-27+,36-33+/t58-/m1/s1. The molecule has 0 aromatic rings. The zero-order chi connectivity index (χ0) is 48.6. The maximum Gasteiger partial charge on any atom is 0.306 e. The third-order valence-electron chi connectivity index (χ3n) is 12.2. The molecule has 386 valence electrons. The van der Waals surface area contributed by atoms with E-state index in [2.05, 4.69) is 93.7 Å². The number of esters is 3. The maximum absolute atomic E-state index is 12.9. The lowest BCUT2D eigenvalue weighted by atomic mass is 10.1. The maximum atomic E-state index is 12.9. The lowest BCUT2D eigenvalue weighted by Crippen LogP contribution is -2.30. The molecule has 0 bridgehead atoms. The molecule has 0 unspecified atom stereocenters. The number of hydrogen-bond donors (Lipinski definition) is 0. The highest BCUT2D eigenvalue weighted by Crippen LogP contribution is 2.14. The van der Waals surface area contributed by atoms with Crippen molar-refractivity contribution in [1.29, 1.82) is 0 Å². The molecule has 6 heteroatoms. The summed E-state index contributed by atoms with van der Waals surface area (Å²) in [6.45, 7) is 6.56. The molecule has 0 aliphatic rings. The third kappa shape index (κ3) is 53.7. The summed E-state index contributed by atoms with van der Waals surface area (Å²) in [4.78, 5) is 38.1. The van der Waals surface area contributed by atoms with E-state index in [1.165, 1.54) is 128 Å². The largest absolute Gasteiger partial charge is 0.462 e. The first kappa shape index (κ1) is 63.8. The second kappa shape index (κ2) is 55.4. The van der Waals surface area contributed by atoms with E-state index in [0.717, 1.165) is 109 Å². The second-order valence-electron chi connectivity index (χ2n) is 18.8. The highest BCUT2D eigenvalue weighted by molar-refractivity contribution is 5.71. The molecule has 0 N–H and O–H groups in total. The molecule has 0 saturated carbocycles. The van der Waals surface area contributed by atoms with Crippen LogP contribution < -0.4 is 0 Å². The van der Waals surface area contributed by atoms with Gasteiger partial charge in [-0.1, -0.05) is 216 Å². The number of hydrogen-bond acceptors (Lipinski definition) is 6. The summed E-state index contributed by atoms with van der Waals surface area (Å²) in [5.74, 6) is -0.924. The molecule has 6 nitrogen and oxygen atoms in total. The van der Waals surface area contributed by atoms with Crippen LogP contribution in [0.5, 0.6) is 0 Å². The average Bonchev–Trinajstić information content (AvgIpc) is 3.33. The Labute approximate surface area is 414 Å². The highest BCUT2D eigenvalue weighted by atomic mass is 16.6. The first-order chi connectivity index (χ1) is 33.0. The predicted molar refractivity (Wildman–Crippen MR) is 288 cm³/mol. The molecule has 0 amide bonds. The van der Waals surface area contributed by atoms with Gasteiger partial charge < -0.3 is 14.2 Å². The Hall–Kier alpha value is -3.15. The van der Waals surface area contributed by atoms with Gasteiger partial charge >= 0.3 is 17.9 Å². The molecule has 0 heterocycles. The number of unbranched alkanes of at least 4 members (excludes halogenated alkanes) is 28. The predicted octanol–water partition coefficient (Wildman–Crippen LogP) is 19.0. The van der Waals surface area contributed by atoms with Crippen LogP contribution in [-0.4, -0.2) is 37.2 Å². The summed E-state index contributed by atoms with van der Waals surface area (Å²) >= 11 is 0. The summed E-state index contributed by atoms with van der Waals surface area (Å²) in [7, 11) is 0. The summed E-state index contributed by atoms with van der Waals surface area (Å²) in [5.41, 5.74) is 0. The lowest BCUT2D eigenvalue weighted by Gasteiger charge is -2.18. The topological polar surface area (TPSA) is 78.9 Å². The van der Waals surface area contributed by atoms with Crippen LogP contribution in [0.25, 0.3) is 0 Å². The van der Waals surface area contributed by atoms with E-state index < -0.39 is 6.10 Å². The van der Waals surface area contributed by atoms with Crippen molar-refractivity contribution in [2.24, 2.45) is 0 Å². The molecule has 0 aliphatic heterocycles. The molecule has 0 spiro atoms. The Bertz CT molecular complexity index is 1260. The fraction of sp³-hybridized carbons (Fsp3) is 0.754. The van der Waals surface area contributed by atoms with Crippen molar-refractivity contribution in [3.63, 3.8) is 0 Å². The van der Waals surface area contributed by atoms with Crippen LogP contribution in [0.3, 0.4) is 0 Å². The van der Waals surface area contributed by atoms with Crippen molar-refractivity contribution in [3.8, 4) is 0 Å². The van der Waals surface area contributed by atoms with Crippen molar-refractivity contribution >= 4 is 17.9 Å². The number of allylic oxidation sites excluding steroid dienone is 12. The third-order valence-corrected chi connectivity index (χ3v) is 12.2. The minimum Gasteiger partial charge on any atom is -0.462 e. The highest BCUT2D eigenvalue weighted by Gasteiger charge is 2.19. The fourth-order valence-corrected chi connectivity index (χ4v) is 7.83. The van der Waals surface area contributed by atoms with Crippen molar-refractivity contribution in [1.82, 2.24) is 0 Å². The zero-order valence-corrected chi connectivity index (χ0v) is 44.2. The molecule has 1 atom stereocenters. The summed E-state index contributed by atoms with van der Waals surface area (Å²) in [6, 6.07) is 0. The van der Waals surface area contributed by atoms with E-state index in [4.69, 9.17) is 14.2 Å². The quantitative estimate of drug-likeness (QED) is 0.0262. The van der Waals surface area contributed by atoms with Crippen LogP contribution >= 0.6 is 0 Å². The normalized spacial score (nSPS) is 12.6. The van der Waals surface area contributed by atoms with E-state index in [-0.39, 0.29) is 31.1 Å². The van der Waals surface area contributed by atoms with Gasteiger partial charge in [0.15, 0.2) is 6.10 Å². The second-order valence-corrected chi connectivity index (χ2v) is 18.8. The van der Waals surface area contributed by atoms with Gasteiger partial charge in [0.25, 0.3) is 0 Å². The van der Waals surface area contributed by atoms with E-state index >= 15 is 0 Å². The lowest BCUT2D eigenvalue weighted by molar-refractivity contribution is -0.167. The molecule has 0 fully saturated rings. The van der Waals surface area contributed by atoms with Crippen LogP contribution in [0, 0.1) is 0 Å². The number of ether oxygens (including phenoxy) is 3. The van der Waals surface area contributed by atoms with E-state index in [9.17, 15) is 14.4 Å². The smallest absolute Gasteiger partial charge is 0.306 e. The Balaban J connectivity index is 4.45. The van der Waals surface area contributed by atoms with Gasteiger partial charge in [-0.3, -0.25) is 14.4 Å². The molecule has 0 rings (SSSR count). The SMILES string of the molecule is CCCCC/C=C/C/C=C/C/C=C/CCCCCCC(=O)OC[C@@H](COC(=O)CCCCCCC/C=C/C/C=C/CCCCC)OC(=O)CCCCCCCCC/C=C/CCCCCCCC. The van der Waals surface area contributed by atoms with Gasteiger partial charge in [0.1, 0.15) is 13.2 Å². The van der Waals surface area contributed by atoms with Crippen LogP contribution in [-0.2, 0) is 28.6 Å².